The van der Waals surface area contributed by atoms with Crippen LogP contribution in [-0.2, 0) is 17.8 Å². The molecule has 2 heterocycles. The zero-order valence-corrected chi connectivity index (χ0v) is 12.6. The molecule has 112 valence electrons. The summed E-state index contributed by atoms with van der Waals surface area (Å²) in [6, 6.07) is 2.84. The van der Waals surface area contributed by atoms with Crippen LogP contribution in [-0.4, -0.2) is 37.2 Å². The van der Waals surface area contributed by atoms with Crippen molar-refractivity contribution in [1.29, 1.82) is 0 Å². The minimum Gasteiger partial charge on any atom is -0.468 e. The second-order valence-corrected chi connectivity index (χ2v) is 6.30. The fourth-order valence-electron chi connectivity index (χ4n) is 2.98. The molecule has 1 saturated carbocycles. The maximum atomic E-state index is 5.64. The van der Waals surface area contributed by atoms with Crippen molar-refractivity contribution in [1.82, 2.24) is 10.2 Å². The van der Waals surface area contributed by atoms with Crippen molar-refractivity contribution in [2.45, 2.75) is 51.4 Å². The first-order valence-electron chi connectivity index (χ1n) is 7.80. The Labute approximate surface area is 121 Å². The van der Waals surface area contributed by atoms with E-state index in [4.69, 9.17) is 9.15 Å². The molecule has 20 heavy (non-hydrogen) atoms. The van der Waals surface area contributed by atoms with E-state index in [-0.39, 0.29) is 0 Å². The zero-order chi connectivity index (χ0) is 13.9. The molecule has 1 aliphatic carbocycles. The van der Waals surface area contributed by atoms with E-state index in [0.717, 1.165) is 38.0 Å². The van der Waals surface area contributed by atoms with Crippen LogP contribution < -0.4 is 5.32 Å². The largest absolute Gasteiger partial charge is 0.468 e. The first kappa shape index (κ1) is 14.1. The van der Waals surface area contributed by atoms with Gasteiger partial charge in [-0.25, -0.2) is 0 Å². The highest BCUT2D eigenvalue weighted by Gasteiger charge is 2.27. The number of hydrogen-bond donors (Lipinski definition) is 1. The third-order valence-corrected chi connectivity index (χ3v) is 4.64. The highest BCUT2D eigenvalue weighted by Crippen LogP contribution is 2.23. The summed E-state index contributed by atoms with van der Waals surface area (Å²) < 4.78 is 11.2. The minimum atomic E-state index is 0.365. The number of ether oxygens (including phenoxy) is 1. The van der Waals surface area contributed by atoms with Crippen LogP contribution in [0.3, 0.4) is 0 Å². The van der Waals surface area contributed by atoms with E-state index in [1.54, 1.807) is 0 Å². The Hall–Kier alpha value is -0.840. The molecule has 0 spiro atoms. The summed E-state index contributed by atoms with van der Waals surface area (Å²) in [6.07, 6.45) is 6.03. The van der Waals surface area contributed by atoms with Gasteiger partial charge in [0, 0.05) is 31.8 Å². The summed E-state index contributed by atoms with van der Waals surface area (Å²) in [7, 11) is 1.83. The summed E-state index contributed by atoms with van der Waals surface area (Å²) in [5.74, 6) is 1.76. The van der Waals surface area contributed by atoms with Gasteiger partial charge in [0.05, 0.1) is 18.9 Å². The molecule has 1 aromatic heterocycles. The summed E-state index contributed by atoms with van der Waals surface area (Å²) in [4.78, 5) is 2.49. The van der Waals surface area contributed by atoms with Gasteiger partial charge in [0.15, 0.2) is 0 Å². The second kappa shape index (κ2) is 6.29. The molecule has 0 amide bonds. The summed E-state index contributed by atoms with van der Waals surface area (Å²) in [5.41, 5.74) is 1.32. The lowest BCUT2D eigenvalue weighted by molar-refractivity contribution is -0.00759. The molecule has 4 nitrogen and oxygen atoms in total. The van der Waals surface area contributed by atoms with E-state index in [9.17, 15) is 0 Å². The first-order valence-corrected chi connectivity index (χ1v) is 7.80. The normalized spacial score (nSPS) is 27.9. The molecule has 1 aliphatic heterocycles. The van der Waals surface area contributed by atoms with Crippen molar-refractivity contribution in [3.8, 4) is 0 Å². The minimum absolute atomic E-state index is 0.365. The van der Waals surface area contributed by atoms with E-state index in [0.29, 0.717) is 12.0 Å². The van der Waals surface area contributed by atoms with Gasteiger partial charge in [-0.1, -0.05) is 6.92 Å². The third-order valence-electron chi connectivity index (χ3n) is 4.64. The molecule has 0 bridgehead atoms. The van der Waals surface area contributed by atoms with Crippen molar-refractivity contribution in [2.24, 2.45) is 5.92 Å². The van der Waals surface area contributed by atoms with E-state index < -0.39 is 0 Å². The molecular weight excluding hydrogens is 252 g/mol. The Kier molecular flexibility index (Phi) is 4.44. The standard InChI is InChI=1S/C16H26N2O2/c1-12-5-7-18(11-16(12)19-2)10-13-6-8-20-15(13)9-17-14-3-4-14/h6,8,12,14,16-17H,3-5,7,9-11H2,1-2H3. The Balaban J connectivity index is 1.55. The molecule has 2 unspecified atom stereocenters. The molecule has 4 heteroatoms. The van der Waals surface area contributed by atoms with Crippen LogP contribution in [0.5, 0.6) is 0 Å². The fraction of sp³-hybridized carbons (Fsp3) is 0.750. The van der Waals surface area contributed by atoms with Crippen LogP contribution in [0.1, 0.15) is 37.5 Å². The smallest absolute Gasteiger partial charge is 0.122 e. The lowest BCUT2D eigenvalue weighted by Crippen LogP contribution is -2.43. The molecule has 2 aliphatic rings. The van der Waals surface area contributed by atoms with Gasteiger partial charge >= 0.3 is 0 Å². The zero-order valence-electron chi connectivity index (χ0n) is 12.6. The van der Waals surface area contributed by atoms with E-state index >= 15 is 0 Å². The molecule has 1 saturated heterocycles. The van der Waals surface area contributed by atoms with Crippen LogP contribution in [0.15, 0.2) is 16.7 Å². The summed E-state index contributed by atoms with van der Waals surface area (Å²) in [6.45, 7) is 6.31. The number of piperidine rings is 1. The lowest BCUT2D eigenvalue weighted by Gasteiger charge is -2.36. The van der Waals surface area contributed by atoms with Crippen LogP contribution in [0.2, 0.25) is 0 Å². The molecule has 1 N–H and O–H groups in total. The van der Waals surface area contributed by atoms with Crippen molar-refractivity contribution in [2.75, 3.05) is 20.2 Å². The molecule has 2 atom stereocenters. The van der Waals surface area contributed by atoms with Gasteiger partial charge in [-0.3, -0.25) is 4.90 Å². The maximum Gasteiger partial charge on any atom is 0.122 e. The quantitative estimate of drug-likeness (QED) is 0.867. The number of nitrogens with one attached hydrogen (secondary N) is 1. The number of likely N-dealkylation sites (tertiary alicyclic amines) is 1. The predicted octanol–water partition coefficient (Wildman–Crippen LogP) is 2.39. The number of hydrogen-bond acceptors (Lipinski definition) is 4. The number of nitrogens with zero attached hydrogens (tertiary/aromatic N) is 1. The van der Waals surface area contributed by atoms with Crippen LogP contribution in [0, 0.1) is 5.92 Å². The third kappa shape index (κ3) is 3.43. The number of methoxy groups -OCH3 is 1. The molecule has 3 rings (SSSR count). The van der Waals surface area contributed by atoms with Gasteiger partial charge in [0.2, 0.25) is 0 Å². The van der Waals surface area contributed by atoms with Crippen LogP contribution in [0.4, 0.5) is 0 Å². The summed E-state index contributed by atoms with van der Waals surface area (Å²) >= 11 is 0. The maximum absolute atomic E-state index is 5.64. The monoisotopic (exact) mass is 278 g/mol. The van der Waals surface area contributed by atoms with Crippen LogP contribution in [0.25, 0.3) is 0 Å². The lowest BCUT2D eigenvalue weighted by atomic mass is 9.95. The predicted molar refractivity (Wildman–Crippen MR) is 78.4 cm³/mol. The highest BCUT2D eigenvalue weighted by atomic mass is 16.5. The Morgan fingerprint density at radius 3 is 3.00 bits per heavy atom. The Bertz CT molecular complexity index is 428. The van der Waals surface area contributed by atoms with E-state index in [1.165, 1.54) is 24.8 Å². The van der Waals surface area contributed by atoms with E-state index in [1.807, 2.05) is 13.4 Å². The van der Waals surface area contributed by atoms with E-state index in [2.05, 4.69) is 23.2 Å². The van der Waals surface area contributed by atoms with Gasteiger partial charge in [-0.05, 0) is 37.8 Å². The Morgan fingerprint density at radius 2 is 2.25 bits per heavy atom. The Morgan fingerprint density at radius 1 is 1.40 bits per heavy atom. The van der Waals surface area contributed by atoms with Gasteiger partial charge in [0.25, 0.3) is 0 Å². The van der Waals surface area contributed by atoms with Crippen molar-refractivity contribution < 1.29 is 9.15 Å². The van der Waals surface area contributed by atoms with Gasteiger partial charge in [-0.2, -0.15) is 0 Å². The molecular formula is C16H26N2O2. The number of furan rings is 1. The average Bonchev–Trinajstić information content (AvgIpc) is 3.19. The molecule has 0 aromatic carbocycles. The summed E-state index contributed by atoms with van der Waals surface area (Å²) in [5, 5.41) is 3.53. The fourth-order valence-corrected chi connectivity index (χ4v) is 2.98. The first-order chi connectivity index (χ1) is 9.76. The van der Waals surface area contributed by atoms with Gasteiger partial charge < -0.3 is 14.5 Å². The topological polar surface area (TPSA) is 37.6 Å². The van der Waals surface area contributed by atoms with Gasteiger partial charge in [0.1, 0.15) is 5.76 Å². The second-order valence-electron chi connectivity index (χ2n) is 6.30. The van der Waals surface area contributed by atoms with Crippen molar-refractivity contribution in [3.05, 3.63) is 23.7 Å². The van der Waals surface area contributed by atoms with Gasteiger partial charge in [-0.15, -0.1) is 0 Å². The molecule has 2 fully saturated rings. The molecule has 1 aromatic rings. The number of rotatable bonds is 6. The molecule has 0 radical (unpaired) electrons. The average molecular weight is 278 g/mol. The van der Waals surface area contributed by atoms with Crippen molar-refractivity contribution >= 4 is 0 Å². The van der Waals surface area contributed by atoms with Crippen molar-refractivity contribution in [3.63, 3.8) is 0 Å². The SMILES string of the molecule is COC1CN(Cc2ccoc2CNC2CC2)CCC1C. The highest BCUT2D eigenvalue weighted by molar-refractivity contribution is 5.17. The van der Waals surface area contributed by atoms with Crippen LogP contribution >= 0.6 is 0 Å².